The Morgan fingerprint density at radius 1 is 1.65 bits per heavy atom. The molecule has 1 aliphatic rings. The summed E-state index contributed by atoms with van der Waals surface area (Å²) in [6, 6.07) is 4.84. The number of carbonyl (C=O) groups excluding carboxylic acids is 1. The third-order valence-electron chi connectivity index (χ3n) is 3.49. The fourth-order valence-corrected chi connectivity index (χ4v) is 2.43. The Balaban J connectivity index is 2.41. The Bertz CT molecular complexity index is 579. The van der Waals surface area contributed by atoms with E-state index in [9.17, 15) is 9.90 Å². The van der Waals surface area contributed by atoms with Crippen molar-refractivity contribution in [2.75, 3.05) is 13.2 Å². The van der Waals surface area contributed by atoms with Crippen LogP contribution in [0.5, 0.6) is 0 Å². The van der Waals surface area contributed by atoms with Gasteiger partial charge in [0.1, 0.15) is 0 Å². The van der Waals surface area contributed by atoms with Crippen molar-refractivity contribution in [1.29, 1.82) is 0 Å². The van der Waals surface area contributed by atoms with Crippen molar-refractivity contribution < 1.29 is 9.90 Å². The summed E-state index contributed by atoms with van der Waals surface area (Å²) in [5.41, 5.74) is 10.0. The van der Waals surface area contributed by atoms with Gasteiger partial charge in [-0.15, -0.1) is 0 Å². The van der Waals surface area contributed by atoms with E-state index < -0.39 is 0 Å². The molecule has 0 radical (unpaired) electrons. The van der Waals surface area contributed by atoms with Gasteiger partial charge in [0.2, 0.25) is 0 Å². The van der Waals surface area contributed by atoms with Gasteiger partial charge in [0, 0.05) is 17.0 Å². The van der Waals surface area contributed by atoms with Crippen LogP contribution in [0.3, 0.4) is 0 Å². The number of azide groups is 1. The van der Waals surface area contributed by atoms with E-state index in [1.54, 1.807) is 29.2 Å². The highest BCUT2D eigenvalue weighted by Gasteiger charge is 2.29. The molecule has 1 fully saturated rings. The molecule has 1 amide bonds. The molecular weight excluding hydrogens is 256 g/mol. The van der Waals surface area contributed by atoms with Crippen LogP contribution in [-0.4, -0.2) is 35.1 Å². The lowest BCUT2D eigenvalue weighted by atomic mass is 10.1. The van der Waals surface area contributed by atoms with Crippen LogP contribution in [0.1, 0.15) is 28.8 Å². The SMILES string of the molecule is C=Cc1ccc(N=[N+]=[N-])c(C(=O)N2CCC[C@H]2CO)c1. The van der Waals surface area contributed by atoms with Gasteiger partial charge in [-0.2, -0.15) is 0 Å². The van der Waals surface area contributed by atoms with E-state index in [1.807, 2.05) is 0 Å². The molecule has 6 nitrogen and oxygen atoms in total. The molecule has 1 aromatic rings. The number of carbonyl (C=O) groups is 1. The van der Waals surface area contributed by atoms with Gasteiger partial charge < -0.3 is 10.0 Å². The van der Waals surface area contributed by atoms with E-state index in [2.05, 4.69) is 16.6 Å². The Morgan fingerprint density at radius 3 is 3.10 bits per heavy atom. The normalized spacial score (nSPS) is 17.6. The lowest BCUT2D eigenvalue weighted by Crippen LogP contribution is -2.37. The third kappa shape index (κ3) is 2.66. The number of aliphatic hydroxyl groups excluding tert-OH is 1. The molecule has 0 saturated carbocycles. The Kier molecular flexibility index (Phi) is 4.40. The topological polar surface area (TPSA) is 89.3 Å². The highest BCUT2D eigenvalue weighted by Crippen LogP contribution is 2.27. The fraction of sp³-hybridized carbons (Fsp3) is 0.357. The summed E-state index contributed by atoms with van der Waals surface area (Å²) < 4.78 is 0. The van der Waals surface area contributed by atoms with Crippen molar-refractivity contribution in [2.45, 2.75) is 18.9 Å². The largest absolute Gasteiger partial charge is 0.394 e. The van der Waals surface area contributed by atoms with Crippen molar-refractivity contribution in [3.63, 3.8) is 0 Å². The average molecular weight is 272 g/mol. The molecule has 0 spiro atoms. The minimum atomic E-state index is -0.215. The molecular formula is C14H16N4O2. The average Bonchev–Trinajstić information content (AvgIpc) is 2.95. The number of rotatable bonds is 4. The number of nitrogens with zero attached hydrogens (tertiary/aromatic N) is 4. The maximum atomic E-state index is 12.6. The highest BCUT2D eigenvalue weighted by molar-refractivity contribution is 5.99. The number of aliphatic hydroxyl groups is 1. The zero-order valence-electron chi connectivity index (χ0n) is 11.1. The molecule has 0 aromatic heterocycles. The van der Waals surface area contributed by atoms with Crippen LogP contribution in [0.2, 0.25) is 0 Å². The van der Waals surface area contributed by atoms with Crippen LogP contribution in [0.4, 0.5) is 5.69 Å². The van der Waals surface area contributed by atoms with Crippen molar-refractivity contribution in [1.82, 2.24) is 4.90 Å². The molecule has 1 saturated heterocycles. The number of hydrogen-bond acceptors (Lipinski definition) is 3. The van der Waals surface area contributed by atoms with Gasteiger partial charge in [-0.1, -0.05) is 29.9 Å². The molecule has 1 aromatic carbocycles. The fourth-order valence-electron chi connectivity index (χ4n) is 2.43. The lowest BCUT2D eigenvalue weighted by Gasteiger charge is -2.23. The second-order valence-corrected chi connectivity index (χ2v) is 4.65. The van der Waals surface area contributed by atoms with Crippen LogP contribution in [0, 0.1) is 0 Å². The molecule has 0 aliphatic carbocycles. The minimum absolute atomic E-state index is 0.0518. The Hall–Kier alpha value is -2.30. The van der Waals surface area contributed by atoms with Gasteiger partial charge in [-0.05, 0) is 30.0 Å². The molecule has 1 atom stereocenters. The molecule has 2 rings (SSSR count). The van der Waals surface area contributed by atoms with Gasteiger partial charge in [-0.3, -0.25) is 4.79 Å². The van der Waals surface area contributed by atoms with Crippen molar-refractivity contribution in [3.8, 4) is 0 Å². The molecule has 104 valence electrons. The van der Waals surface area contributed by atoms with E-state index in [0.29, 0.717) is 17.8 Å². The summed E-state index contributed by atoms with van der Waals surface area (Å²) in [4.78, 5) is 17.0. The van der Waals surface area contributed by atoms with Crippen molar-refractivity contribution >= 4 is 17.7 Å². The third-order valence-corrected chi connectivity index (χ3v) is 3.49. The predicted octanol–water partition coefficient (Wildman–Crippen LogP) is 2.87. The molecule has 1 N–H and O–H groups in total. The molecule has 0 bridgehead atoms. The van der Waals surface area contributed by atoms with Crippen LogP contribution in [0.25, 0.3) is 16.5 Å². The van der Waals surface area contributed by atoms with Gasteiger partial charge in [0.05, 0.1) is 18.3 Å². The second kappa shape index (κ2) is 6.23. The van der Waals surface area contributed by atoms with E-state index in [1.165, 1.54) is 0 Å². The molecule has 1 aliphatic heterocycles. The first kappa shape index (κ1) is 14.1. The number of likely N-dealkylation sites (tertiary alicyclic amines) is 1. The van der Waals surface area contributed by atoms with E-state index in [0.717, 1.165) is 18.4 Å². The first-order valence-corrected chi connectivity index (χ1v) is 6.44. The summed E-state index contributed by atoms with van der Waals surface area (Å²) in [5, 5.41) is 12.9. The second-order valence-electron chi connectivity index (χ2n) is 4.65. The monoisotopic (exact) mass is 272 g/mol. The smallest absolute Gasteiger partial charge is 0.254 e. The van der Waals surface area contributed by atoms with Gasteiger partial charge in [-0.25, -0.2) is 0 Å². The zero-order chi connectivity index (χ0) is 14.5. The first-order chi connectivity index (χ1) is 9.71. The zero-order valence-corrected chi connectivity index (χ0v) is 11.1. The summed E-state index contributed by atoms with van der Waals surface area (Å²) >= 11 is 0. The number of hydrogen-bond donors (Lipinski definition) is 1. The molecule has 20 heavy (non-hydrogen) atoms. The molecule has 6 heteroatoms. The van der Waals surface area contributed by atoms with E-state index in [4.69, 9.17) is 5.53 Å². The van der Waals surface area contributed by atoms with E-state index >= 15 is 0 Å². The maximum Gasteiger partial charge on any atom is 0.254 e. The number of benzene rings is 1. The molecule has 0 unspecified atom stereocenters. The predicted molar refractivity (Wildman–Crippen MR) is 76.5 cm³/mol. The summed E-state index contributed by atoms with van der Waals surface area (Å²) in [5.74, 6) is -0.215. The van der Waals surface area contributed by atoms with Crippen LogP contribution < -0.4 is 0 Å². The number of amides is 1. The van der Waals surface area contributed by atoms with Gasteiger partial charge >= 0.3 is 0 Å². The summed E-state index contributed by atoms with van der Waals surface area (Å²) in [6.45, 7) is 4.22. The first-order valence-electron chi connectivity index (χ1n) is 6.44. The summed E-state index contributed by atoms with van der Waals surface area (Å²) in [7, 11) is 0. The van der Waals surface area contributed by atoms with Crippen LogP contribution in [0.15, 0.2) is 29.9 Å². The van der Waals surface area contributed by atoms with Crippen molar-refractivity contribution in [2.24, 2.45) is 5.11 Å². The van der Waals surface area contributed by atoms with Gasteiger partial charge in [0.25, 0.3) is 5.91 Å². The maximum absolute atomic E-state index is 12.6. The van der Waals surface area contributed by atoms with E-state index in [-0.39, 0.29) is 18.6 Å². The lowest BCUT2D eigenvalue weighted by molar-refractivity contribution is 0.0678. The minimum Gasteiger partial charge on any atom is -0.394 e. The summed E-state index contributed by atoms with van der Waals surface area (Å²) in [6.07, 6.45) is 3.29. The van der Waals surface area contributed by atoms with Crippen LogP contribution >= 0.6 is 0 Å². The standard InChI is InChI=1S/C14H16N4O2/c1-2-10-5-6-13(16-17-15)12(8-10)14(20)18-7-3-4-11(18)9-19/h2,5-6,8,11,19H,1,3-4,7,9H2/t11-/m0/s1. The van der Waals surface area contributed by atoms with Crippen LogP contribution in [-0.2, 0) is 0 Å². The quantitative estimate of drug-likeness (QED) is 0.518. The molecule has 1 heterocycles. The Morgan fingerprint density at radius 2 is 2.45 bits per heavy atom. The Labute approximate surface area is 117 Å². The highest BCUT2D eigenvalue weighted by atomic mass is 16.3. The van der Waals surface area contributed by atoms with Crippen molar-refractivity contribution in [3.05, 3.63) is 46.3 Å². The van der Waals surface area contributed by atoms with Gasteiger partial charge in [0.15, 0.2) is 0 Å².